The van der Waals surface area contributed by atoms with Crippen LogP contribution in [-0.4, -0.2) is 12.1 Å². The van der Waals surface area contributed by atoms with E-state index in [0.717, 1.165) is 6.04 Å². The SMILES string of the molecule is C1CCC(N[N]C2CC2)C1. The van der Waals surface area contributed by atoms with Crippen LogP contribution in [-0.2, 0) is 0 Å². The number of rotatable bonds is 3. The maximum Gasteiger partial charge on any atom is 0.0417 e. The van der Waals surface area contributed by atoms with Gasteiger partial charge in [0.1, 0.15) is 0 Å². The summed E-state index contributed by atoms with van der Waals surface area (Å²) in [7, 11) is 0. The molecule has 57 valence electrons. The molecule has 0 aliphatic heterocycles. The highest BCUT2D eigenvalue weighted by Crippen LogP contribution is 2.21. The van der Waals surface area contributed by atoms with Crippen LogP contribution in [0.5, 0.6) is 0 Å². The molecule has 0 heterocycles. The van der Waals surface area contributed by atoms with Gasteiger partial charge in [0.15, 0.2) is 0 Å². The molecule has 0 aromatic carbocycles. The van der Waals surface area contributed by atoms with E-state index in [0.29, 0.717) is 6.04 Å². The van der Waals surface area contributed by atoms with Crippen molar-refractivity contribution >= 4 is 0 Å². The number of nitrogens with one attached hydrogen (secondary N) is 1. The van der Waals surface area contributed by atoms with E-state index in [1.54, 1.807) is 0 Å². The molecule has 0 spiro atoms. The van der Waals surface area contributed by atoms with Crippen molar-refractivity contribution in [3.05, 3.63) is 0 Å². The molecular weight excluding hydrogens is 124 g/mol. The van der Waals surface area contributed by atoms with Crippen LogP contribution in [0.25, 0.3) is 0 Å². The second-order valence-electron chi connectivity index (χ2n) is 3.47. The normalized spacial score (nSPS) is 27.6. The molecule has 0 aromatic heterocycles. The minimum absolute atomic E-state index is 0.681. The Morgan fingerprint density at radius 3 is 2.30 bits per heavy atom. The molecule has 0 saturated heterocycles. The minimum Gasteiger partial charge on any atom is -0.237 e. The lowest BCUT2D eigenvalue weighted by molar-refractivity contribution is 0.422. The molecule has 10 heavy (non-hydrogen) atoms. The van der Waals surface area contributed by atoms with Crippen molar-refractivity contribution in [1.82, 2.24) is 10.9 Å². The van der Waals surface area contributed by atoms with Crippen molar-refractivity contribution in [3.8, 4) is 0 Å². The van der Waals surface area contributed by atoms with Gasteiger partial charge in [0.2, 0.25) is 0 Å². The molecule has 2 aliphatic carbocycles. The van der Waals surface area contributed by atoms with E-state index in [9.17, 15) is 0 Å². The van der Waals surface area contributed by atoms with E-state index in [4.69, 9.17) is 0 Å². The Bertz CT molecular complexity index is 104. The van der Waals surface area contributed by atoms with Crippen LogP contribution in [0.4, 0.5) is 0 Å². The molecule has 2 saturated carbocycles. The third kappa shape index (κ3) is 1.70. The molecular formula is C8H15N2. The minimum atomic E-state index is 0.681. The van der Waals surface area contributed by atoms with Crippen LogP contribution in [0.2, 0.25) is 0 Å². The first kappa shape index (κ1) is 6.62. The Morgan fingerprint density at radius 1 is 1.00 bits per heavy atom. The Labute approximate surface area is 62.4 Å². The van der Waals surface area contributed by atoms with Crippen molar-refractivity contribution in [2.24, 2.45) is 0 Å². The molecule has 0 atom stereocenters. The Morgan fingerprint density at radius 2 is 1.70 bits per heavy atom. The maximum atomic E-state index is 4.37. The standard InChI is InChI=1S/C8H15N2/c1-2-4-7(3-1)9-10-8-5-6-8/h7-9H,1-6H2. The predicted octanol–water partition coefficient (Wildman–Crippen LogP) is 1.20. The average Bonchev–Trinajstić information content (AvgIpc) is 2.63. The van der Waals surface area contributed by atoms with Crippen molar-refractivity contribution in [2.45, 2.75) is 50.6 Å². The zero-order valence-electron chi connectivity index (χ0n) is 6.34. The summed E-state index contributed by atoms with van der Waals surface area (Å²) < 4.78 is 0. The van der Waals surface area contributed by atoms with E-state index >= 15 is 0 Å². The molecule has 0 amide bonds. The Hall–Kier alpha value is -0.0800. The molecule has 1 radical (unpaired) electrons. The van der Waals surface area contributed by atoms with E-state index in [1.807, 2.05) is 0 Å². The van der Waals surface area contributed by atoms with Gasteiger partial charge in [0.05, 0.1) is 0 Å². The summed E-state index contributed by atoms with van der Waals surface area (Å²) in [6.45, 7) is 0. The van der Waals surface area contributed by atoms with Crippen LogP contribution in [0.1, 0.15) is 38.5 Å². The number of nitrogens with zero attached hydrogens (tertiary/aromatic N) is 1. The van der Waals surface area contributed by atoms with Crippen LogP contribution >= 0.6 is 0 Å². The third-order valence-electron chi connectivity index (χ3n) is 2.34. The van der Waals surface area contributed by atoms with Gasteiger partial charge in [-0.1, -0.05) is 12.8 Å². The van der Waals surface area contributed by atoms with Gasteiger partial charge in [-0.25, -0.2) is 5.43 Å². The Kier molecular flexibility index (Phi) is 1.91. The fourth-order valence-electron chi connectivity index (χ4n) is 1.47. The predicted molar refractivity (Wildman–Crippen MR) is 40.5 cm³/mol. The van der Waals surface area contributed by atoms with Gasteiger partial charge in [0.25, 0.3) is 0 Å². The smallest absolute Gasteiger partial charge is 0.0417 e. The second kappa shape index (κ2) is 2.89. The number of hydrogen-bond acceptors (Lipinski definition) is 1. The van der Waals surface area contributed by atoms with Gasteiger partial charge >= 0.3 is 0 Å². The summed E-state index contributed by atoms with van der Waals surface area (Å²) in [6.07, 6.45) is 8.13. The van der Waals surface area contributed by atoms with E-state index in [-0.39, 0.29) is 0 Å². The van der Waals surface area contributed by atoms with Crippen molar-refractivity contribution < 1.29 is 0 Å². The summed E-state index contributed by atoms with van der Waals surface area (Å²) in [5, 5.41) is 0. The summed E-state index contributed by atoms with van der Waals surface area (Å²) in [5.74, 6) is 0. The lowest BCUT2D eigenvalue weighted by Gasteiger charge is -2.09. The lowest BCUT2D eigenvalue weighted by atomic mass is 10.3. The summed E-state index contributed by atoms with van der Waals surface area (Å²) in [4.78, 5) is 0. The van der Waals surface area contributed by atoms with Crippen molar-refractivity contribution in [2.75, 3.05) is 0 Å². The molecule has 0 unspecified atom stereocenters. The third-order valence-corrected chi connectivity index (χ3v) is 2.34. The fraction of sp³-hybridized carbons (Fsp3) is 1.00. The lowest BCUT2D eigenvalue weighted by Crippen LogP contribution is -2.34. The highest BCUT2D eigenvalue weighted by atomic mass is 15.4. The summed E-state index contributed by atoms with van der Waals surface area (Å²) in [6, 6.07) is 1.40. The molecule has 2 heteroatoms. The molecule has 2 aliphatic rings. The summed E-state index contributed by atoms with van der Waals surface area (Å²) in [5.41, 5.74) is 7.64. The topological polar surface area (TPSA) is 26.1 Å². The molecule has 1 N–H and O–H groups in total. The molecule has 0 bridgehead atoms. The van der Waals surface area contributed by atoms with Gasteiger partial charge in [-0.2, -0.15) is 5.43 Å². The van der Waals surface area contributed by atoms with Gasteiger partial charge in [-0.3, -0.25) is 0 Å². The van der Waals surface area contributed by atoms with Gasteiger partial charge in [0, 0.05) is 12.1 Å². The first-order valence-electron chi connectivity index (χ1n) is 4.40. The van der Waals surface area contributed by atoms with Crippen LogP contribution in [0, 0.1) is 0 Å². The van der Waals surface area contributed by atoms with Gasteiger partial charge in [-0.15, -0.1) is 0 Å². The monoisotopic (exact) mass is 139 g/mol. The fourth-order valence-corrected chi connectivity index (χ4v) is 1.47. The average molecular weight is 139 g/mol. The Balaban J connectivity index is 1.59. The van der Waals surface area contributed by atoms with Crippen LogP contribution in [0.15, 0.2) is 0 Å². The highest BCUT2D eigenvalue weighted by Gasteiger charge is 2.24. The first-order valence-corrected chi connectivity index (χ1v) is 4.40. The highest BCUT2D eigenvalue weighted by molar-refractivity contribution is 4.80. The first-order chi connectivity index (χ1) is 4.95. The number of hydrogen-bond donors (Lipinski definition) is 1. The van der Waals surface area contributed by atoms with Crippen molar-refractivity contribution in [3.63, 3.8) is 0 Å². The zero-order chi connectivity index (χ0) is 6.81. The summed E-state index contributed by atoms with van der Waals surface area (Å²) >= 11 is 0. The zero-order valence-corrected chi connectivity index (χ0v) is 6.34. The van der Waals surface area contributed by atoms with Gasteiger partial charge < -0.3 is 0 Å². The maximum absolute atomic E-state index is 4.37. The van der Waals surface area contributed by atoms with E-state index < -0.39 is 0 Å². The molecule has 2 nitrogen and oxygen atoms in total. The van der Waals surface area contributed by atoms with Crippen LogP contribution in [0.3, 0.4) is 0 Å². The van der Waals surface area contributed by atoms with Crippen molar-refractivity contribution in [1.29, 1.82) is 0 Å². The van der Waals surface area contributed by atoms with Crippen LogP contribution < -0.4 is 10.9 Å². The largest absolute Gasteiger partial charge is 0.237 e. The molecule has 2 rings (SSSR count). The molecule has 0 aromatic rings. The van der Waals surface area contributed by atoms with Gasteiger partial charge in [-0.05, 0) is 25.7 Å². The second-order valence-corrected chi connectivity index (χ2v) is 3.47. The molecule has 2 fully saturated rings. The quantitative estimate of drug-likeness (QED) is 0.584. The van der Waals surface area contributed by atoms with E-state index in [2.05, 4.69) is 10.9 Å². The van der Waals surface area contributed by atoms with E-state index in [1.165, 1.54) is 38.5 Å².